The molecule has 2 aromatic heterocycles. The summed E-state index contributed by atoms with van der Waals surface area (Å²) in [7, 11) is 0. The fraction of sp³-hybridized carbons (Fsp3) is 0.182. The van der Waals surface area contributed by atoms with Crippen molar-refractivity contribution in [3.05, 3.63) is 33.6 Å². The minimum Gasteiger partial charge on any atom is -0.389 e. The monoisotopic (exact) mass is 265 g/mol. The number of nitrogens with zero attached hydrogens (tertiary/aromatic N) is 3. The molecule has 6 heteroatoms. The van der Waals surface area contributed by atoms with Crippen molar-refractivity contribution in [2.45, 2.75) is 13.0 Å². The largest absolute Gasteiger partial charge is 0.389 e. The summed E-state index contributed by atoms with van der Waals surface area (Å²) in [6.45, 7) is -0.104. The van der Waals surface area contributed by atoms with Crippen LogP contribution in [0.1, 0.15) is 16.3 Å². The third-order valence-electron chi connectivity index (χ3n) is 2.56. The van der Waals surface area contributed by atoms with Crippen LogP contribution in [0.5, 0.6) is 0 Å². The first-order chi connectivity index (χ1) is 8.29. The second-order valence-electron chi connectivity index (χ2n) is 3.61. The number of allylic oxidation sites excluding steroid dienone is 1. The zero-order valence-electron chi connectivity index (χ0n) is 8.72. The predicted octanol–water partition coefficient (Wildman–Crippen LogP) is 2.32. The number of halogens is 1. The normalized spacial score (nSPS) is 13.1. The Morgan fingerprint density at radius 2 is 2.29 bits per heavy atom. The van der Waals surface area contributed by atoms with Crippen molar-refractivity contribution in [2.75, 3.05) is 0 Å². The first-order valence-electron chi connectivity index (χ1n) is 5.07. The molecule has 0 atom stereocenters. The highest BCUT2D eigenvalue weighted by molar-refractivity contribution is 7.14. The zero-order chi connectivity index (χ0) is 11.8. The molecule has 0 saturated carbocycles. The summed E-state index contributed by atoms with van der Waals surface area (Å²) in [5.74, 6) is 0. The molecule has 0 amide bonds. The Morgan fingerprint density at radius 1 is 1.41 bits per heavy atom. The fourth-order valence-corrected chi connectivity index (χ4v) is 2.82. The van der Waals surface area contributed by atoms with E-state index in [0.29, 0.717) is 15.0 Å². The molecule has 0 aromatic carbocycles. The van der Waals surface area contributed by atoms with E-state index in [0.717, 1.165) is 23.2 Å². The summed E-state index contributed by atoms with van der Waals surface area (Å²) in [6.07, 6.45) is 6.55. The van der Waals surface area contributed by atoms with Gasteiger partial charge in [0.2, 0.25) is 0 Å². The van der Waals surface area contributed by atoms with Crippen LogP contribution >= 0.6 is 22.9 Å². The van der Waals surface area contributed by atoms with Gasteiger partial charge in [-0.15, -0.1) is 10.2 Å². The van der Waals surface area contributed by atoms with Gasteiger partial charge in [0, 0.05) is 18.2 Å². The molecule has 17 heavy (non-hydrogen) atoms. The maximum atomic E-state index is 8.97. The van der Waals surface area contributed by atoms with E-state index in [1.807, 2.05) is 12.2 Å². The number of fused-ring (bicyclic) bond motifs is 1. The molecule has 3 rings (SSSR count). The Bertz CT molecular complexity index is 609. The van der Waals surface area contributed by atoms with Crippen LogP contribution in [0.15, 0.2) is 12.3 Å². The average molecular weight is 266 g/mol. The number of pyridine rings is 1. The molecule has 0 aliphatic heterocycles. The number of aliphatic hydroxyl groups is 1. The van der Waals surface area contributed by atoms with E-state index in [1.165, 1.54) is 11.3 Å². The smallest absolute Gasteiger partial charge is 0.150 e. The van der Waals surface area contributed by atoms with E-state index >= 15 is 0 Å². The summed E-state index contributed by atoms with van der Waals surface area (Å²) < 4.78 is 0. The second-order valence-corrected chi connectivity index (χ2v) is 5.05. The van der Waals surface area contributed by atoms with E-state index in [2.05, 4.69) is 15.2 Å². The van der Waals surface area contributed by atoms with Gasteiger partial charge in [-0.2, -0.15) is 0 Å². The van der Waals surface area contributed by atoms with Gasteiger partial charge in [0.25, 0.3) is 0 Å². The van der Waals surface area contributed by atoms with Gasteiger partial charge in [-0.3, -0.25) is 4.98 Å². The Morgan fingerprint density at radius 3 is 3.06 bits per heavy atom. The molecule has 1 aliphatic carbocycles. The van der Waals surface area contributed by atoms with Crippen molar-refractivity contribution >= 4 is 29.0 Å². The van der Waals surface area contributed by atoms with Crippen LogP contribution in [-0.2, 0) is 13.0 Å². The third-order valence-corrected chi connectivity index (χ3v) is 3.91. The molecule has 1 aliphatic rings. The van der Waals surface area contributed by atoms with Crippen LogP contribution in [0.25, 0.3) is 16.6 Å². The van der Waals surface area contributed by atoms with Crippen molar-refractivity contribution < 1.29 is 5.11 Å². The van der Waals surface area contributed by atoms with Gasteiger partial charge in [0.15, 0.2) is 5.01 Å². The van der Waals surface area contributed by atoms with Crippen molar-refractivity contribution in [1.29, 1.82) is 0 Å². The molecule has 4 nitrogen and oxygen atoms in total. The molecule has 0 radical (unpaired) electrons. The van der Waals surface area contributed by atoms with Crippen molar-refractivity contribution in [3.63, 3.8) is 0 Å². The van der Waals surface area contributed by atoms with E-state index in [4.69, 9.17) is 16.7 Å². The Hall–Kier alpha value is -1.30. The van der Waals surface area contributed by atoms with Gasteiger partial charge >= 0.3 is 0 Å². The van der Waals surface area contributed by atoms with Crippen LogP contribution < -0.4 is 0 Å². The molecule has 1 N–H and O–H groups in total. The highest BCUT2D eigenvalue weighted by Gasteiger charge is 2.17. The van der Waals surface area contributed by atoms with Crippen LogP contribution in [0.3, 0.4) is 0 Å². The molecular weight excluding hydrogens is 258 g/mol. The van der Waals surface area contributed by atoms with Crippen molar-refractivity contribution in [2.24, 2.45) is 0 Å². The van der Waals surface area contributed by atoms with E-state index in [-0.39, 0.29) is 6.61 Å². The summed E-state index contributed by atoms with van der Waals surface area (Å²) >= 11 is 7.65. The maximum Gasteiger partial charge on any atom is 0.150 e. The molecule has 0 bridgehead atoms. The van der Waals surface area contributed by atoms with E-state index in [1.54, 1.807) is 6.20 Å². The maximum absolute atomic E-state index is 8.97. The summed E-state index contributed by atoms with van der Waals surface area (Å²) in [5.41, 5.74) is 2.73. The van der Waals surface area contributed by atoms with Gasteiger partial charge in [-0.25, -0.2) is 0 Å². The molecule has 2 aromatic rings. The van der Waals surface area contributed by atoms with Crippen LogP contribution in [-0.4, -0.2) is 20.3 Å². The van der Waals surface area contributed by atoms with Gasteiger partial charge in [0.05, 0.1) is 22.9 Å². The molecule has 0 spiro atoms. The van der Waals surface area contributed by atoms with E-state index < -0.39 is 0 Å². The summed E-state index contributed by atoms with van der Waals surface area (Å²) in [5, 5.41) is 18.8. The van der Waals surface area contributed by atoms with Crippen LogP contribution in [0, 0.1) is 0 Å². The summed E-state index contributed by atoms with van der Waals surface area (Å²) in [6, 6.07) is 0. The van der Waals surface area contributed by atoms with Gasteiger partial charge in [0.1, 0.15) is 5.01 Å². The van der Waals surface area contributed by atoms with Crippen molar-refractivity contribution in [1.82, 2.24) is 15.2 Å². The average Bonchev–Trinajstić information content (AvgIpc) is 2.97. The fourth-order valence-electron chi connectivity index (χ4n) is 1.74. The quantitative estimate of drug-likeness (QED) is 0.905. The third kappa shape index (κ3) is 1.76. The molecule has 2 heterocycles. The Kier molecular flexibility index (Phi) is 2.66. The number of hydrogen-bond donors (Lipinski definition) is 1. The van der Waals surface area contributed by atoms with Crippen LogP contribution in [0.2, 0.25) is 5.02 Å². The van der Waals surface area contributed by atoms with Gasteiger partial charge < -0.3 is 5.11 Å². The lowest BCUT2D eigenvalue weighted by molar-refractivity contribution is 0.280. The first-order valence-corrected chi connectivity index (χ1v) is 6.26. The van der Waals surface area contributed by atoms with Crippen molar-refractivity contribution in [3.8, 4) is 10.6 Å². The highest BCUT2D eigenvalue weighted by Crippen LogP contribution is 2.35. The lowest BCUT2D eigenvalue weighted by Gasteiger charge is -2.04. The highest BCUT2D eigenvalue weighted by atomic mass is 35.5. The molecular formula is C11H8ClN3OS. The minimum atomic E-state index is -0.104. The number of hydrogen-bond acceptors (Lipinski definition) is 5. The zero-order valence-corrected chi connectivity index (χ0v) is 10.3. The molecule has 0 saturated heterocycles. The SMILES string of the molecule is OCc1nnc(-c2cnc3c(c2Cl)C=CC3)s1. The molecule has 0 unspecified atom stereocenters. The standard InChI is InChI=1S/C11H8ClN3OS/c12-10-6-2-1-3-8(6)13-4-7(10)11-15-14-9(5-16)17-11/h1-2,4,16H,3,5H2. The molecule has 0 fully saturated rings. The van der Waals surface area contributed by atoms with Gasteiger partial charge in [-0.05, 0) is 0 Å². The Balaban J connectivity index is 2.12. The number of aliphatic hydroxyl groups excluding tert-OH is 1. The predicted molar refractivity (Wildman–Crippen MR) is 66.8 cm³/mol. The van der Waals surface area contributed by atoms with Crippen LogP contribution in [0.4, 0.5) is 0 Å². The number of rotatable bonds is 2. The summed E-state index contributed by atoms with van der Waals surface area (Å²) in [4.78, 5) is 4.36. The van der Waals surface area contributed by atoms with Gasteiger partial charge in [-0.1, -0.05) is 35.1 Å². The second kappa shape index (κ2) is 4.18. The lowest BCUT2D eigenvalue weighted by Crippen LogP contribution is -1.91. The van der Waals surface area contributed by atoms with E-state index in [9.17, 15) is 0 Å². The lowest BCUT2D eigenvalue weighted by atomic mass is 10.1. The molecule has 86 valence electrons. The topological polar surface area (TPSA) is 58.9 Å². The Labute approximate surface area is 107 Å². The first kappa shape index (κ1) is 10.8. The number of aromatic nitrogens is 3. The minimum absolute atomic E-state index is 0.104.